The van der Waals surface area contributed by atoms with Crippen LogP contribution in [-0.2, 0) is 72.3 Å². The van der Waals surface area contributed by atoms with Crippen LogP contribution in [0.2, 0.25) is 0 Å². The Bertz CT molecular complexity index is 2790. The number of benzene rings is 2. The van der Waals surface area contributed by atoms with E-state index in [9.17, 15) is 67.2 Å². The van der Waals surface area contributed by atoms with Crippen molar-refractivity contribution in [2.75, 3.05) is 150 Å². The lowest BCUT2D eigenvalue weighted by Gasteiger charge is -2.32. The first-order chi connectivity index (χ1) is 40.6. The summed E-state index contributed by atoms with van der Waals surface area (Å²) in [6, 6.07) is 12.3. The van der Waals surface area contributed by atoms with Crippen molar-refractivity contribution in [3.63, 3.8) is 0 Å². The number of nitrogens with one attached hydrogen (secondary N) is 6. The molecular formula is C56H81N11O17S. The highest BCUT2D eigenvalue weighted by molar-refractivity contribution is 7.89. The number of anilines is 1. The van der Waals surface area contributed by atoms with Crippen molar-refractivity contribution in [2.24, 2.45) is 0 Å². The zero-order valence-electron chi connectivity index (χ0n) is 48.2. The molecule has 2 aliphatic rings. The zero-order chi connectivity index (χ0) is 61.7. The van der Waals surface area contributed by atoms with Gasteiger partial charge in [-0.15, -0.1) is 0 Å². The standard InChI is InChI=1S/C56H81N11O17S/c1-39-31-45(32-40(2)53(39)85(80,81)63-46(56(78)79)33-61-55(77)43-10-7-41(8-11-43)9-13-44-14-12-42-5-3-15-60-54(42)62-44)84-27-4-6-47(68)57-16-17-58-49(70)38-83-30-29-82-28-18-59-48(69)34-64-19-21-65(35-50(71)72)23-25-67(37-52(75)76)26-24-66(22-20-64)36-51(73)74/h7-8,10-12,14,31-32,46,63H,3-6,9,13,15-30,33-38H2,1-2H3,(H,57,68)(H,58,70)(H,59,69)(H,60,62)(H,61,77)(H,71,72)(H,73,74)(H,75,76)(H,78,79)/t46-/m0/s1. The third-order valence-corrected chi connectivity index (χ3v) is 15.5. The van der Waals surface area contributed by atoms with Crippen LogP contribution in [0.3, 0.4) is 0 Å². The number of pyridine rings is 1. The first kappa shape index (κ1) is 68.4. The summed E-state index contributed by atoms with van der Waals surface area (Å²) in [6.07, 6.45) is 3.91. The molecule has 5 rings (SSSR count). The second-order valence-electron chi connectivity index (χ2n) is 20.6. The van der Waals surface area contributed by atoms with Gasteiger partial charge in [-0.2, -0.15) is 4.72 Å². The molecule has 85 heavy (non-hydrogen) atoms. The van der Waals surface area contributed by atoms with E-state index in [1.807, 2.05) is 18.2 Å². The van der Waals surface area contributed by atoms with Gasteiger partial charge in [0.2, 0.25) is 27.7 Å². The topological polar surface area (TPSA) is 377 Å². The number of hydrogen-bond acceptors (Lipinski definition) is 19. The first-order valence-corrected chi connectivity index (χ1v) is 29.7. The van der Waals surface area contributed by atoms with Gasteiger partial charge in [0, 0.05) is 103 Å². The number of carbonyl (C=O) groups is 8. The Morgan fingerprint density at radius 3 is 1.76 bits per heavy atom. The van der Waals surface area contributed by atoms with E-state index >= 15 is 0 Å². The minimum atomic E-state index is -4.39. The van der Waals surface area contributed by atoms with Crippen LogP contribution < -0.4 is 36.0 Å². The molecule has 0 bridgehead atoms. The number of sulfonamides is 1. The SMILES string of the molecule is Cc1cc(OCCCC(=O)NCCNC(=O)COCCOCCNC(=O)CN2CCN(CC(=O)O)CCN(CC(=O)O)CCN(CC(=O)O)CC2)cc(C)c1S(=O)(=O)N[C@@H](CNC(=O)c1ccc(CCc2ccc3c(n2)NCCC3)cc1)C(=O)O. The molecule has 0 saturated carbocycles. The summed E-state index contributed by atoms with van der Waals surface area (Å²) in [6.45, 7) is 5.46. The van der Waals surface area contributed by atoms with E-state index in [0.29, 0.717) is 38.1 Å². The van der Waals surface area contributed by atoms with Crippen LogP contribution in [0.25, 0.3) is 0 Å². The predicted octanol–water partition coefficient (Wildman–Crippen LogP) is -0.981. The minimum absolute atomic E-state index is 0.0420. The Morgan fingerprint density at radius 2 is 1.19 bits per heavy atom. The second-order valence-corrected chi connectivity index (χ2v) is 22.2. The molecule has 0 spiro atoms. The Labute approximate surface area is 494 Å². The van der Waals surface area contributed by atoms with Gasteiger partial charge in [-0.05, 0) is 98.5 Å². The fraction of sp³-hybridized carbons (Fsp3) is 0.554. The van der Waals surface area contributed by atoms with E-state index in [-0.39, 0.29) is 158 Å². The predicted molar refractivity (Wildman–Crippen MR) is 309 cm³/mol. The Kier molecular flexibility index (Phi) is 28.8. The third-order valence-electron chi connectivity index (χ3n) is 13.7. The van der Waals surface area contributed by atoms with Gasteiger partial charge in [-0.3, -0.25) is 58.0 Å². The number of ether oxygens (including phenoxy) is 3. The maximum absolute atomic E-state index is 13.6. The van der Waals surface area contributed by atoms with Gasteiger partial charge in [-0.25, -0.2) is 13.4 Å². The number of nitrogens with zero attached hydrogens (tertiary/aromatic N) is 5. The fourth-order valence-electron chi connectivity index (χ4n) is 9.40. The van der Waals surface area contributed by atoms with Gasteiger partial charge in [-0.1, -0.05) is 18.2 Å². The molecule has 28 nitrogen and oxygen atoms in total. The van der Waals surface area contributed by atoms with Crippen LogP contribution in [0.4, 0.5) is 5.82 Å². The molecule has 468 valence electrons. The van der Waals surface area contributed by atoms with E-state index < -0.39 is 58.3 Å². The number of aryl methyl sites for hydroxylation is 5. The van der Waals surface area contributed by atoms with Crippen molar-refractivity contribution in [3.8, 4) is 5.75 Å². The average Bonchev–Trinajstić information content (AvgIpc) is 3.65. The van der Waals surface area contributed by atoms with E-state index in [1.165, 1.54) is 31.5 Å². The van der Waals surface area contributed by atoms with Crippen LogP contribution >= 0.6 is 0 Å². The molecule has 4 amide bonds. The van der Waals surface area contributed by atoms with Crippen molar-refractivity contribution in [3.05, 3.63) is 82.0 Å². The summed E-state index contributed by atoms with van der Waals surface area (Å²) in [4.78, 5) is 109. The van der Waals surface area contributed by atoms with Gasteiger partial charge in [0.25, 0.3) is 5.91 Å². The maximum atomic E-state index is 13.6. The minimum Gasteiger partial charge on any atom is -0.494 e. The summed E-state index contributed by atoms with van der Waals surface area (Å²) >= 11 is 0. The summed E-state index contributed by atoms with van der Waals surface area (Å²) in [5.41, 5.74) is 4.01. The van der Waals surface area contributed by atoms with E-state index in [4.69, 9.17) is 19.2 Å². The second kappa shape index (κ2) is 35.8. The highest BCUT2D eigenvalue weighted by atomic mass is 32.2. The number of carboxylic acids is 4. The highest BCUT2D eigenvalue weighted by Gasteiger charge is 2.29. The molecule has 10 N–H and O–H groups in total. The summed E-state index contributed by atoms with van der Waals surface area (Å²) in [7, 11) is -4.39. The molecule has 3 heterocycles. The van der Waals surface area contributed by atoms with Gasteiger partial charge < -0.3 is 61.2 Å². The number of amides is 4. The van der Waals surface area contributed by atoms with Crippen LogP contribution in [0.1, 0.15) is 57.6 Å². The van der Waals surface area contributed by atoms with Crippen LogP contribution in [0.5, 0.6) is 5.75 Å². The van der Waals surface area contributed by atoms with Gasteiger partial charge in [0.1, 0.15) is 24.2 Å². The summed E-state index contributed by atoms with van der Waals surface area (Å²) in [5.74, 6) is -4.96. The number of aromatic nitrogens is 1. The third kappa shape index (κ3) is 25.8. The molecule has 2 aliphatic heterocycles. The Balaban J connectivity index is 0.906. The first-order valence-electron chi connectivity index (χ1n) is 28.2. The maximum Gasteiger partial charge on any atom is 0.323 e. The summed E-state index contributed by atoms with van der Waals surface area (Å²) in [5, 5.41) is 52.1. The lowest BCUT2D eigenvalue weighted by atomic mass is 10.0. The van der Waals surface area contributed by atoms with Crippen molar-refractivity contribution in [2.45, 2.75) is 63.3 Å². The molecular weight excluding hydrogens is 1130 g/mol. The number of hydrogen-bond donors (Lipinski definition) is 10. The molecule has 3 aromatic rings. The quantitative estimate of drug-likeness (QED) is 0.0321. The molecule has 1 aromatic heterocycles. The normalized spacial score (nSPS) is 15.2. The number of rotatable bonds is 34. The lowest BCUT2D eigenvalue weighted by molar-refractivity contribution is -0.140. The fourth-order valence-corrected chi connectivity index (χ4v) is 11.0. The molecule has 2 aromatic carbocycles. The number of carbonyl (C=O) groups excluding carboxylic acids is 4. The molecule has 1 atom stereocenters. The van der Waals surface area contributed by atoms with Crippen molar-refractivity contribution < 1.29 is 81.4 Å². The average molecular weight is 1210 g/mol. The summed E-state index contributed by atoms with van der Waals surface area (Å²) < 4.78 is 46.0. The van der Waals surface area contributed by atoms with E-state index in [0.717, 1.165) is 36.5 Å². The van der Waals surface area contributed by atoms with Crippen molar-refractivity contribution in [1.29, 1.82) is 0 Å². The number of fused-ring (bicyclic) bond motifs is 1. The van der Waals surface area contributed by atoms with Gasteiger partial charge in [0.05, 0.1) is 57.5 Å². The number of aliphatic carboxylic acids is 4. The molecule has 1 fully saturated rings. The number of carboxylic acid groups (broad SMARTS) is 4. The zero-order valence-corrected chi connectivity index (χ0v) is 49.1. The molecule has 0 radical (unpaired) electrons. The lowest BCUT2D eigenvalue weighted by Crippen LogP contribution is -2.50. The smallest absolute Gasteiger partial charge is 0.323 e. The molecule has 1 saturated heterocycles. The van der Waals surface area contributed by atoms with Crippen molar-refractivity contribution >= 4 is 63.3 Å². The Hall–Kier alpha value is -7.38. The monoisotopic (exact) mass is 1210 g/mol. The molecule has 0 aliphatic carbocycles. The molecule has 0 unspecified atom stereocenters. The van der Waals surface area contributed by atoms with E-state index in [1.54, 1.807) is 31.7 Å². The Morgan fingerprint density at radius 1 is 0.635 bits per heavy atom. The largest absolute Gasteiger partial charge is 0.494 e. The van der Waals surface area contributed by atoms with Crippen LogP contribution in [-0.4, -0.2) is 251 Å². The van der Waals surface area contributed by atoms with Crippen molar-refractivity contribution in [1.82, 2.24) is 50.6 Å². The molecule has 29 heteroatoms. The highest BCUT2D eigenvalue weighted by Crippen LogP contribution is 2.27. The van der Waals surface area contributed by atoms with Crippen LogP contribution in [0, 0.1) is 13.8 Å². The van der Waals surface area contributed by atoms with Crippen LogP contribution in [0.15, 0.2) is 53.4 Å². The van der Waals surface area contributed by atoms with E-state index in [2.05, 4.69) is 37.4 Å². The van der Waals surface area contributed by atoms with Gasteiger partial charge >= 0.3 is 23.9 Å². The van der Waals surface area contributed by atoms with Gasteiger partial charge in [0.15, 0.2) is 0 Å².